The molecular weight excluding hydrogens is 644 g/mol. The van der Waals surface area contributed by atoms with Crippen molar-refractivity contribution >= 4 is 57.0 Å². The molecule has 3 aromatic heterocycles. The van der Waals surface area contributed by atoms with Crippen LogP contribution in [0.25, 0.3) is 66.8 Å². The lowest BCUT2D eigenvalue weighted by atomic mass is 10.0. The van der Waals surface area contributed by atoms with E-state index in [0.717, 1.165) is 43.6 Å². The molecule has 0 saturated heterocycles. The zero-order valence-corrected chi connectivity index (χ0v) is 25.8. The molecule has 0 aliphatic heterocycles. The third-order valence-corrected chi connectivity index (χ3v) is 8.22. The number of rotatable bonds is 7. The molecule has 0 radical (unpaired) electrons. The SMILES string of the molecule is N#C/C(=C/c1ccc(-c2nonc2-c2ccc3ccccc3c2)s1)C(=O)O.N#C/C(=C/c1nonc1-c1ccc2ccccc2c1)C(=O)O. The summed E-state index contributed by atoms with van der Waals surface area (Å²) in [6.07, 6.45) is 2.48. The van der Waals surface area contributed by atoms with Gasteiger partial charge in [0.1, 0.15) is 40.4 Å². The number of hydrogen-bond acceptors (Lipinski definition) is 11. The normalized spacial score (nSPS) is 11.4. The third kappa shape index (κ3) is 6.97. The summed E-state index contributed by atoms with van der Waals surface area (Å²) in [7, 11) is 0. The van der Waals surface area contributed by atoms with E-state index in [0.29, 0.717) is 22.0 Å². The molecule has 0 aliphatic carbocycles. The second-order valence-corrected chi connectivity index (χ2v) is 11.4. The van der Waals surface area contributed by atoms with Crippen LogP contribution in [-0.4, -0.2) is 42.8 Å². The van der Waals surface area contributed by atoms with Crippen molar-refractivity contribution in [2.24, 2.45) is 0 Å². The molecule has 4 aromatic carbocycles. The second kappa shape index (κ2) is 14.0. The Morgan fingerprint density at radius 1 is 0.612 bits per heavy atom. The number of aliphatic carboxylic acids is 2. The van der Waals surface area contributed by atoms with Crippen LogP contribution in [0.1, 0.15) is 10.6 Å². The Labute approximate surface area is 280 Å². The summed E-state index contributed by atoms with van der Waals surface area (Å²) in [6.45, 7) is 0. The van der Waals surface area contributed by atoms with Crippen molar-refractivity contribution in [1.82, 2.24) is 20.6 Å². The average molecular weight is 665 g/mol. The minimum absolute atomic E-state index is 0.203. The summed E-state index contributed by atoms with van der Waals surface area (Å²) >= 11 is 1.31. The summed E-state index contributed by atoms with van der Waals surface area (Å²) in [4.78, 5) is 23.3. The van der Waals surface area contributed by atoms with E-state index in [2.05, 4.69) is 20.6 Å². The molecule has 0 bridgehead atoms. The van der Waals surface area contributed by atoms with Gasteiger partial charge in [0, 0.05) is 16.0 Å². The second-order valence-electron chi connectivity index (χ2n) is 10.2. The molecule has 0 amide bonds. The van der Waals surface area contributed by atoms with Crippen molar-refractivity contribution < 1.29 is 29.1 Å². The minimum atomic E-state index is -1.32. The highest BCUT2D eigenvalue weighted by Crippen LogP contribution is 2.35. The van der Waals surface area contributed by atoms with Crippen molar-refractivity contribution in [3.63, 3.8) is 0 Å². The van der Waals surface area contributed by atoms with Gasteiger partial charge >= 0.3 is 11.9 Å². The monoisotopic (exact) mass is 664 g/mol. The summed E-state index contributed by atoms with van der Waals surface area (Å²) in [5.74, 6) is -2.58. The fourth-order valence-corrected chi connectivity index (χ4v) is 5.76. The van der Waals surface area contributed by atoms with E-state index >= 15 is 0 Å². The number of fused-ring (bicyclic) bond motifs is 2. The van der Waals surface area contributed by atoms with Gasteiger partial charge in [0.2, 0.25) is 0 Å². The zero-order chi connectivity index (χ0) is 34.3. The molecule has 0 aliphatic rings. The van der Waals surface area contributed by atoms with Crippen molar-refractivity contribution in [3.8, 4) is 45.2 Å². The van der Waals surface area contributed by atoms with Crippen LogP contribution in [0.5, 0.6) is 0 Å². The number of aromatic nitrogens is 4. The molecule has 236 valence electrons. The van der Waals surface area contributed by atoms with E-state index in [4.69, 9.17) is 30.0 Å². The maximum atomic E-state index is 11.0. The van der Waals surface area contributed by atoms with E-state index in [-0.39, 0.29) is 11.3 Å². The Morgan fingerprint density at radius 2 is 1.12 bits per heavy atom. The molecule has 0 spiro atoms. The molecular formula is C36H20N6O6S. The fourth-order valence-electron chi connectivity index (χ4n) is 4.82. The number of carboxylic acid groups (broad SMARTS) is 2. The molecule has 2 N–H and O–H groups in total. The largest absolute Gasteiger partial charge is 0.477 e. The Hall–Kier alpha value is -7.22. The van der Waals surface area contributed by atoms with Gasteiger partial charge in [-0.1, -0.05) is 72.8 Å². The van der Waals surface area contributed by atoms with Crippen molar-refractivity contribution in [2.45, 2.75) is 0 Å². The first-order chi connectivity index (χ1) is 23.8. The highest BCUT2D eigenvalue weighted by molar-refractivity contribution is 7.16. The maximum absolute atomic E-state index is 11.0. The molecule has 3 heterocycles. The lowest BCUT2D eigenvalue weighted by Gasteiger charge is -2.01. The Kier molecular flexibility index (Phi) is 9.10. The first-order valence-corrected chi connectivity index (χ1v) is 15.1. The zero-order valence-electron chi connectivity index (χ0n) is 25.0. The van der Waals surface area contributed by atoms with Gasteiger partial charge in [-0.2, -0.15) is 10.5 Å². The summed E-state index contributed by atoms with van der Waals surface area (Å²) < 4.78 is 9.65. The van der Waals surface area contributed by atoms with Crippen molar-refractivity contribution in [1.29, 1.82) is 10.5 Å². The van der Waals surface area contributed by atoms with Gasteiger partial charge in [0.05, 0.1) is 4.88 Å². The maximum Gasteiger partial charge on any atom is 0.346 e. The Bertz CT molecular complexity index is 2510. The third-order valence-electron chi connectivity index (χ3n) is 7.18. The summed E-state index contributed by atoms with van der Waals surface area (Å²) in [5.41, 5.74) is 2.62. The first kappa shape index (κ1) is 31.7. The van der Waals surface area contributed by atoms with Crippen LogP contribution in [0.3, 0.4) is 0 Å². The van der Waals surface area contributed by atoms with E-state index in [1.54, 1.807) is 24.3 Å². The van der Waals surface area contributed by atoms with E-state index in [1.165, 1.54) is 17.4 Å². The fraction of sp³-hybridized carbons (Fsp3) is 0. The Balaban J connectivity index is 0.000000174. The summed E-state index contributed by atoms with van der Waals surface area (Å²) in [6, 6.07) is 34.3. The van der Waals surface area contributed by atoms with Gasteiger partial charge in [-0.25, -0.2) is 18.8 Å². The topological polar surface area (TPSA) is 200 Å². The summed E-state index contributed by atoms with van der Waals surface area (Å²) in [5, 5.41) is 55.4. The number of nitriles is 2. The predicted octanol–water partition coefficient (Wildman–Crippen LogP) is 7.49. The van der Waals surface area contributed by atoms with E-state index in [1.807, 2.05) is 84.9 Å². The number of hydrogen-bond donors (Lipinski definition) is 2. The first-order valence-electron chi connectivity index (χ1n) is 14.3. The molecule has 0 fully saturated rings. The number of thiophene rings is 1. The van der Waals surface area contributed by atoms with Crippen LogP contribution in [0.4, 0.5) is 0 Å². The van der Waals surface area contributed by atoms with E-state index < -0.39 is 17.5 Å². The number of benzene rings is 4. The smallest absolute Gasteiger partial charge is 0.346 e. The van der Waals surface area contributed by atoms with Gasteiger partial charge in [-0.05, 0) is 78.6 Å². The highest BCUT2D eigenvalue weighted by Gasteiger charge is 2.18. The molecule has 12 nitrogen and oxygen atoms in total. The van der Waals surface area contributed by atoms with Gasteiger partial charge in [0.25, 0.3) is 0 Å². The molecule has 0 unspecified atom stereocenters. The van der Waals surface area contributed by atoms with Crippen LogP contribution >= 0.6 is 11.3 Å². The molecule has 49 heavy (non-hydrogen) atoms. The number of nitrogens with zero attached hydrogens (tertiary/aromatic N) is 6. The highest BCUT2D eigenvalue weighted by atomic mass is 32.1. The van der Waals surface area contributed by atoms with Crippen molar-refractivity contribution in [3.05, 3.63) is 119 Å². The standard InChI is InChI=1S/C20H11N3O3S.C16H9N3O3/c21-11-15(20(24)25)10-16-7-8-17(27-16)19-18(22-26-23-19)14-6-5-12-3-1-2-4-13(12)9-14;17-9-13(16(20)21)8-14-15(19-22-18-14)12-6-5-10-3-1-2-4-11(10)7-12/h1-10H,(H,24,25);1-8H,(H,20,21)/b15-10-;13-8-. The lowest BCUT2D eigenvalue weighted by molar-refractivity contribution is -0.133. The van der Waals surface area contributed by atoms with Crippen LogP contribution in [0.15, 0.2) is 117 Å². The van der Waals surface area contributed by atoms with Gasteiger partial charge in [0.15, 0.2) is 5.69 Å². The number of carbonyl (C=O) groups is 2. The van der Waals surface area contributed by atoms with Gasteiger partial charge < -0.3 is 10.2 Å². The van der Waals surface area contributed by atoms with Crippen LogP contribution in [0.2, 0.25) is 0 Å². The quantitative estimate of drug-likeness (QED) is 0.126. The van der Waals surface area contributed by atoms with Crippen LogP contribution in [-0.2, 0) is 9.59 Å². The molecule has 0 atom stereocenters. The van der Waals surface area contributed by atoms with E-state index in [9.17, 15) is 9.59 Å². The van der Waals surface area contributed by atoms with Gasteiger partial charge in [-0.15, -0.1) is 11.3 Å². The predicted molar refractivity (Wildman–Crippen MR) is 180 cm³/mol. The lowest BCUT2D eigenvalue weighted by Crippen LogP contribution is -1.97. The number of carboxylic acids is 2. The minimum Gasteiger partial charge on any atom is -0.477 e. The molecule has 0 saturated carbocycles. The molecule has 7 rings (SSSR count). The van der Waals surface area contributed by atoms with Crippen LogP contribution in [0, 0.1) is 22.7 Å². The average Bonchev–Trinajstić information content (AvgIpc) is 3.90. The van der Waals surface area contributed by atoms with Crippen LogP contribution < -0.4 is 0 Å². The van der Waals surface area contributed by atoms with Gasteiger partial charge in [-0.3, -0.25) is 0 Å². The molecule has 7 aromatic rings. The van der Waals surface area contributed by atoms with Crippen molar-refractivity contribution in [2.75, 3.05) is 0 Å². The Morgan fingerprint density at radius 3 is 1.71 bits per heavy atom. The molecule has 13 heteroatoms.